The number of fused-ring (bicyclic) bond motifs is 2. The number of carboxylic acids is 2. The highest BCUT2D eigenvalue weighted by Gasteiger charge is 2.40. The van der Waals surface area contributed by atoms with Crippen LogP contribution in [0.15, 0.2) is 131 Å². The van der Waals surface area contributed by atoms with Crippen LogP contribution < -0.4 is 93.7 Å². The van der Waals surface area contributed by atoms with Crippen molar-refractivity contribution in [3.63, 3.8) is 0 Å². The van der Waals surface area contributed by atoms with Crippen LogP contribution in [0, 0.1) is 21.6 Å². The van der Waals surface area contributed by atoms with Crippen molar-refractivity contribution in [2.45, 2.75) is 232 Å². The number of phenolic OH excluding ortho intramolecular Hbond substituents is 2. The molecule has 0 aromatic heterocycles. The molecule has 4 aromatic carbocycles. The minimum Gasteiger partial charge on any atom is -0.508 e. The first kappa shape index (κ1) is 115. The molecule has 1 fully saturated rings. The molecule has 141 heavy (non-hydrogen) atoms. The van der Waals surface area contributed by atoms with Crippen LogP contribution in [0.25, 0.3) is 10.8 Å². The van der Waals surface area contributed by atoms with Crippen LogP contribution in [0.4, 0.5) is 4.79 Å². The summed E-state index contributed by atoms with van der Waals surface area (Å²) in [5, 5.41) is 198. The van der Waals surface area contributed by atoms with Gasteiger partial charge < -0.3 is 160 Å². The van der Waals surface area contributed by atoms with Gasteiger partial charge in [-0.2, -0.15) is 0 Å². The number of benzene rings is 4. The minimum atomic E-state index is -1.95. The van der Waals surface area contributed by atoms with E-state index in [-0.39, 0.29) is 179 Å². The first-order chi connectivity index (χ1) is 67.2. The van der Waals surface area contributed by atoms with Crippen LogP contribution in [0.3, 0.4) is 0 Å². The standard InChI is InChI=1S/C89H136N30O20S2/c90-35-5-3-16-57-73(126)112-62(17-4-6-36-91)83(136)119-42-12-22-69(119)82(135)116-65(45-50-26-31-55(121)32-27-50)78(131)111-61(33-34-70(122)123)76(129)109-60(20-10-41-106-89(101)139)75(128)117-67(80(133)113-63(84(137)138)21-11-40-105-88(99)100)47-140-141-48-68(81(134)115-64(44-49-24-29-54(120)30-25-49)77(130)110-59(72(125)108-57)19-9-39-104-87(97)98)118-79(132)66(46-51-23-28-52-13-1-2-14-53(52)43-51)114-74(127)58(18-8-38-103-86(95)96)107-71(124)56(92)15-7-37-102-85(93)94/h1-2,13-14,23-32,43,56-69,120-121H,3-12,15-22,33-42,44-48,90-92H2,(H,107,124)(H,108,125)(H,109,129)(H,110,130)(H,111,131)(H,112,126)(H,113,133)(H,114,127)(H,115,134)(H,116,135)(H,117,128)(H,118,132)(H,122,123)(H,137,138)(H4,93,94,102)(H4,95,96,103)(H4,97,98,104)(H4,99,100,105)(H3,101,106,139)/t56-,57?,58+,59?,60-,61-,62?,63-,64-,65-,66-,67-,68?,69+/m1/s1. The van der Waals surface area contributed by atoms with Gasteiger partial charge in [0.1, 0.15) is 90.0 Å². The third kappa shape index (κ3) is 42.5. The van der Waals surface area contributed by atoms with E-state index in [1.54, 1.807) is 36.4 Å². The van der Waals surface area contributed by atoms with Gasteiger partial charge in [-0.25, -0.2) is 49.5 Å². The molecule has 0 saturated carbocycles. The van der Waals surface area contributed by atoms with E-state index >= 15 is 19.2 Å². The van der Waals surface area contributed by atoms with Crippen molar-refractivity contribution in [3.05, 3.63) is 108 Å². The van der Waals surface area contributed by atoms with E-state index in [4.69, 9.17) is 67.5 Å². The molecule has 50 nitrogen and oxygen atoms in total. The number of amides is 7. The molecule has 14 atom stereocenters. The second kappa shape index (κ2) is 61.2. The van der Waals surface area contributed by atoms with Crippen LogP contribution in [0.1, 0.15) is 145 Å². The third-order valence-electron chi connectivity index (χ3n) is 22.3. The van der Waals surface area contributed by atoms with E-state index < -0.39 is 234 Å². The molecule has 4 unspecified atom stereocenters. The number of aliphatic imine (C=N–C) groups is 8. The summed E-state index contributed by atoms with van der Waals surface area (Å²) >= 11 is 0. The summed E-state index contributed by atoms with van der Waals surface area (Å²) in [6.07, 6.45) is -2.41. The van der Waals surface area contributed by atoms with E-state index in [0.29, 0.717) is 34.9 Å². The summed E-state index contributed by atoms with van der Waals surface area (Å²) in [5.41, 5.74) is 47.2. The topological polar surface area (TPSA) is 893 Å². The Hall–Kier alpha value is -14.3. The summed E-state index contributed by atoms with van der Waals surface area (Å²) < 4.78 is 0. The Balaban J connectivity index is 1.72. The number of aliphatic hydroxyl groups is 8. The second-order valence-corrected chi connectivity index (χ2v) is 36.0. The fourth-order valence-electron chi connectivity index (χ4n) is 14.8. The molecule has 2 aliphatic heterocycles. The molecule has 774 valence electrons. The maximum atomic E-state index is 15.9. The van der Waals surface area contributed by atoms with E-state index in [0.717, 1.165) is 27.0 Å². The van der Waals surface area contributed by atoms with Crippen molar-refractivity contribution in [2.75, 3.05) is 63.9 Å². The molecule has 0 spiro atoms. The Morgan fingerprint density at radius 2 is 0.858 bits per heavy atom. The summed E-state index contributed by atoms with van der Waals surface area (Å²) in [4.78, 5) is 150. The van der Waals surface area contributed by atoms with Crippen LogP contribution >= 0.6 is 21.6 Å². The van der Waals surface area contributed by atoms with Crippen molar-refractivity contribution in [1.82, 2.24) is 52.8 Å². The summed E-state index contributed by atoms with van der Waals surface area (Å²) in [5.74, 6) is -18.6. The van der Waals surface area contributed by atoms with Crippen LogP contribution in [0.2, 0.25) is 0 Å². The van der Waals surface area contributed by atoms with Crippen molar-refractivity contribution in [1.29, 1.82) is 21.6 Å². The molecule has 52 heteroatoms. The smallest absolute Gasteiger partial charge is 0.326 e. The number of hydrogen-bond donors (Lipinski definition) is 33. The molecule has 1 saturated heterocycles. The van der Waals surface area contributed by atoms with Gasteiger partial charge in [0.25, 0.3) is 0 Å². The van der Waals surface area contributed by atoms with Crippen molar-refractivity contribution in [2.24, 2.45) is 85.8 Å². The van der Waals surface area contributed by atoms with Gasteiger partial charge in [0.05, 0.1) is 6.04 Å². The fourth-order valence-corrected chi connectivity index (χ4v) is 17.1. The van der Waals surface area contributed by atoms with Gasteiger partial charge in [-0.3, -0.25) is 50.4 Å². The lowest BCUT2D eigenvalue weighted by molar-refractivity contribution is -0.142. The number of guanidine groups is 4. The fraction of sp³-hybridized carbons (Fsp3) is 0.528. The Bertz CT molecular complexity index is 5070. The summed E-state index contributed by atoms with van der Waals surface area (Å²) in [7, 11) is 1.48. The van der Waals surface area contributed by atoms with Crippen LogP contribution in [-0.2, 0) is 52.8 Å². The van der Waals surface area contributed by atoms with E-state index in [1.165, 1.54) is 53.4 Å². The van der Waals surface area contributed by atoms with Crippen molar-refractivity contribution >= 4 is 151 Å². The first-order valence-electron chi connectivity index (χ1n) is 46.1. The van der Waals surface area contributed by atoms with E-state index in [2.05, 4.69) is 87.8 Å². The van der Waals surface area contributed by atoms with Gasteiger partial charge >= 0.3 is 18.0 Å². The molecule has 7 amide bonds. The van der Waals surface area contributed by atoms with Gasteiger partial charge in [0.15, 0.2) is 23.8 Å². The summed E-state index contributed by atoms with van der Waals surface area (Å²) in [6.45, 7) is 0.0838. The number of aromatic hydroxyl groups is 2. The zero-order chi connectivity index (χ0) is 104. The third-order valence-corrected chi connectivity index (χ3v) is 24.7. The molecular weight excluding hydrogens is 1870 g/mol. The average molecular weight is 2010 g/mol. The SMILES string of the molecule is N=C(N)NCCCC1N=C(O)[C@@H](Cc2ccc(O)cc2)N=C(O)C(NC(=O)[C@@H](Cc2ccc3ccccc3c2)NC(=O)[C@H](CCCNC(=N)N)NC(=O)[C@H](N)CCCNC(=N)N)CSSC[C@H](C(=O)N[C@H](CCCNC(=N)N)C(=O)O)N=C(O)[C@@H](CCCNC(N)=O)N=C(O)[C@@H](CCC(=O)O)N=C(O)[C@@H](Cc2ccc(O)cc2)N=C(O)[C@@H]2CCCN2C(=O)C(CCCCN)N=C(O)C(CCCCN)N=C1O. The summed E-state index contributed by atoms with van der Waals surface area (Å²) in [6, 6.07) is -0.776. The maximum Gasteiger partial charge on any atom is 0.326 e. The number of urea groups is 1. The molecule has 0 bridgehead atoms. The molecule has 2 heterocycles. The average Bonchev–Trinajstić information content (AvgIpc) is 1.76. The number of nitrogens with two attached hydrogens (primary N) is 8. The number of rotatable bonds is 46. The lowest BCUT2D eigenvalue weighted by Crippen LogP contribution is -2.58. The largest absolute Gasteiger partial charge is 0.508 e. The highest BCUT2D eigenvalue weighted by atomic mass is 33.1. The zero-order valence-corrected chi connectivity index (χ0v) is 79.8. The normalized spacial score (nSPS) is 20.4. The van der Waals surface area contributed by atoms with Gasteiger partial charge in [0.2, 0.25) is 76.7 Å². The second-order valence-electron chi connectivity index (χ2n) is 33.5. The predicted molar refractivity (Wildman–Crippen MR) is 541 cm³/mol. The van der Waals surface area contributed by atoms with Crippen LogP contribution in [-0.4, -0.2) is 333 Å². The number of nitrogens with zero attached hydrogens (tertiary/aromatic N) is 9. The Labute approximate surface area is 821 Å². The van der Waals surface area contributed by atoms with Gasteiger partial charge in [-0.05, 0) is 187 Å². The molecule has 41 N–H and O–H groups in total. The molecule has 6 rings (SSSR count). The quantitative estimate of drug-likeness (QED) is 0.0128. The highest BCUT2D eigenvalue weighted by molar-refractivity contribution is 8.76. The zero-order valence-electron chi connectivity index (χ0n) is 78.2. The molecular formula is C89H136N30O20S2. The lowest BCUT2D eigenvalue weighted by Gasteiger charge is -2.27. The molecule has 2 aliphatic rings. The highest BCUT2D eigenvalue weighted by Crippen LogP contribution is 2.29. The Morgan fingerprint density at radius 1 is 0.433 bits per heavy atom. The Morgan fingerprint density at radius 3 is 1.36 bits per heavy atom. The number of hydrogen-bond acceptors (Lipinski definition) is 27. The number of carbonyl (C=O) groups excluding carboxylic acids is 6. The number of unbranched alkanes of at least 4 members (excludes halogenated alkanes) is 2. The number of aliphatic hydroxyl groups excluding tert-OH is 8. The number of nitrogens with one attached hydrogen (secondary N) is 13. The Kier molecular flexibility index (Phi) is 50.1. The molecule has 4 aromatic rings. The number of primary amides is 1. The van der Waals surface area contributed by atoms with Crippen molar-refractivity contribution < 1.29 is 99.6 Å². The van der Waals surface area contributed by atoms with Gasteiger partial charge in [-0.1, -0.05) is 88.3 Å². The first-order valence-corrected chi connectivity index (χ1v) is 48.6. The number of carbonyl (C=O) groups is 8. The van der Waals surface area contributed by atoms with Gasteiger partial charge in [0, 0.05) is 76.5 Å². The molecule has 0 radical (unpaired) electrons. The maximum absolute atomic E-state index is 15.9. The number of phenols is 2. The minimum absolute atomic E-state index is 0.00168. The lowest BCUT2D eigenvalue weighted by atomic mass is 10.00. The van der Waals surface area contributed by atoms with Crippen LogP contribution in [0.5, 0.6) is 11.5 Å². The number of carboxylic acid groups (broad SMARTS) is 2. The molecule has 0 aliphatic carbocycles. The van der Waals surface area contributed by atoms with E-state index in [1.807, 2.05) is 6.07 Å². The predicted octanol–water partition coefficient (Wildman–Crippen LogP) is 1.24. The van der Waals surface area contributed by atoms with Crippen molar-refractivity contribution in [3.8, 4) is 11.5 Å². The monoisotopic (exact) mass is 2010 g/mol. The van der Waals surface area contributed by atoms with Gasteiger partial charge in [-0.15, -0.1) is 0 Å². The number of aliphatic carboxylic acids is 2. The van der Waals surface area contributed by atoms with E-state index in [9.17, 15) is 80.5 Å².